The van der Waals surface area contributed by atoms with Crippen molar-refractivity contribution in [3.63, 3.8) is 0 Å². The number of aromatic nitrogens is 1. The maximum atomic E-state index is 11.6. The van der Waals surface area contributed by atoms with Gasteiger partial charge in [0.15, 0.2) is 0 Å². The van der Waals surface area contributed by atoms with Crippen LogP contribution in [0.5, 0.6) is 5.75 Å². The van der Waals surface area contributed by atoms with Crippen LogP contribution in [-0.4, -0.2) is 36.1 Å². The topological polar surface area (TPSA) is 68.4 Å². The van der Waals surface area contributed by atoms with Gasteiger partial charge in [0.25, 0.3) is 0 Å². The number of rotatable bonds is 4. The molecule has 0 fully saturated rings. The molecule has 1 aliphatic rings. The number of carboxylic acid groups (broad SMARTS) is 1. The third kappa shape index (κ3) is 2.19. The van der Waals surface area contributed by atoms with E-state index in [1.54, 1.807) is 13.2 Å². The van der Waals surface area contributed by atoms with Crippen LogP contribution in [0.15, 0.2) is 30.9 Å². The first-order chi connectivity index (χ1) is 10.2. The van der Waals surface area contributed by atoms with Gasteiger partial charge in [0.2, 0.25) is 0 Å². The second-order valence-electron chi connectivity index (χ2n) is 5.18. The van der Waals surface area contributed by atoms with E-state index in [-0.39, 0.29) is 0 Å². The average molecular weight is 285 g/mol. The van der Waals surface area contributed by atoms with E-state index in [4.69, 9.17) is 4.74 Å². The Morgan fingerprint density at radius 1 is 1.62 bits per heavy atom. The molecule has 2 aromatic rings. The van der Waals surface area contributed by atoms with Gasteiger partial charge < -0.3 is 19.6 Å². The summed E-state index contributed by atoms with van der Waals surface area (Å²) in [6.07, 6.45) is 2.51. The molecule has 0 saturated carbocycles. The van der Waals surface area contributed by atoms with E-state index in [9.17, 15) is 9.90 Å². The summed E-state index contributed by atoms with van der Waals surface area (Å²) in [5.41, 5.74) is 2.68. The maximum Gasteiger partial charge on any atom is 0.119 e. The van der Waals surface area contributed by atoms with E-state index in [1.807, 2.05) is 23.1 Å². The molecular formula is C16H17N2O3-. The smallest absolute Gasteiger partial charge is 0.119 e. The van der Waals surface area contributed by atoms with Gasteiger partial charge in [0.05, 0.1) is 19.1 Å². The zero-order valence-electron chi connectivity index (χ0n) is 11.9. The molecule has 0 saturated heterocycles. The molecule has 1 N–H and O–H groups in total. The molecule has 1 aliphatic heterocycles. The standard InChI is InChI=1S/C16H18N2O3/c1-3-7-18-8-6-11-12-9-10(21-2)4-5-13(12)17-14(11)15(18)16(19)20/h3-5,9,15,17H,1,6-8H2,2H3,(H,19,20)/p-1. The van der Waals surface area contributed by atoms with Crippen LogP contribution >= 0.6 is 0 Å². The highest BCUT2D eigenvalue weighted by atomic mass is 16.5. The summed E-state index contributed by atoms with van der Waals surface area (Å²) in [7, 11) is 1.62. The number of aromatic amines is 1. The van der Waals surface area contributed by atoms with Gasteiger partial charge in [-0.3, -0.25) is 4.90 Å². The van der Waals surface area contributed by atoms with Gasteiger partial charge in [-0.1, -0.05) is 6.08 Å². The molecule has 110 valence electrons. The fourth-order valence-electron chi connectivity index (χ4n) is 3.07. The molecule has 1 aromatic heterocycles. The van der Waals surface area contributed by atoms with E-state index in [2.05, 4.69) is 11.6 Å². The van der Waals surface area contributed by atoms with Gasteiger partial charge in [0.1, 0.15) is 5.75 Å². The highest BCUT2D eigenvalue weighted by Crippen LogP contribution is 2.35. The molecule has 1 aromatic carbocycles. The Balaban J connectivity index is 2.14. The predicted molar refractivity (Wildman–Crippen MR) is 78.1 cm³/mol. The Hall–Kier alpha value is -2.27. The normalized spacial score (nSPS) is 18.4. The monoisotopic (exact) mass is 285 g/mol. The Labute approximate surface area is 122 Å². The molecule has 0 spiro atoms. The van der Waals surface area contributed by atoms with E-state index in [1.165, 1.54) is 0 Å². The molecule has 1 unspecified atom stereocenters. The number of aliphatic carboxylic acids is 1. The molecule has 5 nitrogen and oxygen atoms in total. The number of fused-ring (bicyclic) bond motifs is 3. The summed E-state index contributed by atoms with van der Waals surface area (Å²) < 4.78 is 5.25. The number of carbonyl (C=O) groups excluding carboxylic acids is 1. The van der Waals surface area contributed by atoms with Crippen LogP contribution in [-0.2, 0) is 11.2 Å². The molecule has 0 bridgehead atoms. The SMILES string of the molecule is C=CCN1CCc2c([nH]c3ccc(OC)cc23)C1C(=O)[O-]. The fourth-order valence-corrected chi connectivity index (χ4v) is 3.07. The molecule has 5 heteroatoms. The summed E-state index contributed by atoms with van der Waals surface area (Å²) in [6, 6.07) is 4.96. The fraction of sp³-hybridized carbons (Fsp3) is 0.312. The lowest BCUT2D eigenvalue weighted by atomic mass is 9.97. The van der Waals surface area contributed by atoms with Crippen molar-refractivity contribution in [3.05, 3.63) is 42.1 Å². The average Bonchev–Trinajstić information content (AvgIpc) is 2.84. The van der Waals surface area contributed by atoms with Crippen LogP contribution < -0.4 is 9.84 Å². The van der Waals surface area contributed by atoms with Crippen molar-refractivity contribution in [1.29, 1.82) is 0 Å². The van der Waals surface area contributed by atoms with Crippen LogP contribution in [0, 0.1) is 0 Å². The number of hydrogen-bond acceptors (Lipinski definition) is 4. The molecule has 3 rings (SSSR count). The first-order valence-electron chi connectivity index (χ1n) is 6.90. The maximum absolute atomic E-state index is 11.6. The molecule has 1 atom stereocenters. The lowest BCUT2D eigenvalue weighted by molar-refractivity contribution is -0.312. The molecule has 0 aliphatic carbocycles. The van der Waals surface area contributed by atoms with Crippen molar-refractivity contribution in [3.8, 4) is 5.75 Å². The number of carboxylic acids is 1. The van der Waals surface area contributed by atoms with Crippen molar-refractivity contribution in [2.24, 2.45) is 0 Å². The minimum Gasteiger partial charge on any atom is -0.548 e. The van der Waals surface area contributed by atoms with Gasteiger partial charge in [0, 0.05) is 29.7 Å². The molecule has 2 heterocycles. The first kappa shape index (κ1) is 13.7. The van der Waals surface area contributed by atoms with Crippen molar-refractivity contribution < 1.29 is 14.6 Å². The van der Waals surface area contributed by atoms with Crippen molar-refractivity contribution in [2.45, 2.75) is 12.5 Å². The predicted octanol–water partition coefficient (Wildman–Crippen LogP) is 1.01. The van der Waals surface area contributed by atoms with Crippen LogP contribution in [0.2, 0.25) is 0 Å². The van der Waals surface area contributed by atoms with E-state index in [0.29, 0.717) is 18.8 Å². The number of hydrogen-bond donors (Lipinski definition) is 1. The number of methoxy groups -OCH3 is 1. The second-order valence-corrected chi connectivity index (χ2v) is 5.18. The van der Waals surface area contributed by atoms with Crippen molar-refractivity contribution in [1.82, 2.24) is 9.88 Å². The Bertz CT molecular complexity index is 705. The zero-order valence-corrected chi connectivity index (χ0v) is 11.9. The van der Waals surface area contributed by atoms with Gasteiger partial charge in [-0.25, -0.2) is 0 Å². The second kappa shape index (κ2) is 5.26. The molecule has 21 heavy (non-hydrogen) atoms. The lowest BCUT2D eigenvalue weighted by Crippen LogP contribution is -2.45. The molecular weight excluding hydrogens is 268 g/mol. The summed E-state index contributed by atoms with van der Waals surface area (Å²) in [6.45, 7) is 4.88. The highest BCUT2D eigenvalue weighted by Gasteiger charge is 2.30. The van der Waals surface area contributed by atoms with Crippen LogP contribution in [0.4, 0.5) is 0 Å². The van der Waals surface area contributed by atoms with Crippen molar-refractivity contribution >= 4 is 16.9 Å². The largest absolute Gasteiger partial charge is 0.548 e. The minimum absolute atomic E-state index is 0.525. The number of nitrogens with one attached hydrogen (secondary N) is 1. The van der Waals surface area contributed by atoms with Crippen molar-refractivity contribution in [2.75, 3.05) is 20.2 Å². The van der Waals surface area contributed by atoms with Gasteiger partial charge in [-0.15, -0.1) is 6.58 Å². The summed E-state index contributed by atoms with van der Waals surface area (Å²) in [4.78, 5) is 16.7. The summed E-state index contributed by atoms with van der Waals surface area (Å²) >= 11 is 0. The van der Waals surface area contributed by atoms with Gasteiger partial charge in [-0.05, 0) is 30.2 Å². The minimum atomic E-state index is -1.09. The van der Waals surface area contributed by atoms with E-state index >= 15 is 0 Å². The molecule has 0 amide bonds. The number of ether oxygens (including phenoxy) is 1. The number of H-pyrrole nitrogens is 1. The summed E-state index contributed by atoms with van der Waals surface area (Å²) in [5.74, 6) is -0.320. The Kier molecular flexibility index (Phi) is 3.43. The summed E-state index contributed by atoms with van der Waals surface area (Å²) in [5, 5.41) is 12.6. The van der Waals surface area contributed by atoms with Crippen LogP contribution in [0.25, 0.3) is 10.9 Å². The van der Waals surface area contributed by atoms with Crippen LogP contribution in [0.1, 0.15) is 17.3 Å². The third-order valence-electron chi connectivity index (χ3n) is 4.02. The quantitative estimate of drug-likeness (QED) is 0.851. The third-order valence-corrected chi connectivity index (χ3v) is 4.02. The zero-order chi connectivity index (χ0) is 15.0. The Morgan fingerprint density at radius 2 is 2.43 bits per heavy atom. The lowest BCUT2D eigenvalue weighted by Gasteiger charge is -2.35. The number of benzene rings is 1. The number of carbonyl (C=O) groups is 1. The van der Waals surface area contributed by atoms with Crippen LogP contribution in [0.3, 0.4) is 0 Å². The van der Waals surface area contributed by atoms with Gasteiger partial charge >= 0.3 is 0 Å². The molecule has 0 radical (unpaired) electrons. The number of nitrogens with zero attached hydrogens (tertiary/aromatic N) is 1. The highest BCUT2D eigenvalue weighted by molar-refractivity contribution is 5.88. The van der Waals surface area contributed by atoms with E-state index < -0.39 is 12.0 Å². The Morgan fingerprint density at radius 3 is 3.10 bits per heavy atom. The van der Waals surface area contributed by atoms with E-state index in [0.717, 1.165) is 28.6 Å². The van der Waals surface area contributed by atoms with Gasteiger partial charge in [-0.2, -0.15) is 0 Å². The first-order valence-corrected chi connectivity index (χ1v) is 6.90.